The fourth-order valence-electron chi connectivity index (χ4n) is 2.46. The second-order valence-electron chi connectivity index (χ2n) is 5.30. The van der Waals surface area contributed by atoms with Gasteiger partial charge >= 0.3 is 0 Å². The molecule has 112 valence electrons. The van der Waals surface area contributed by atoms with E-state index in [1.54, 1.807) is 6.07 Å². The van der Waals surface area contributed by atoms with Crippen LogP contribution in [0.25, 0.3) is 0 Å². The third-order valence-corrected chi connectivity index (χ3v) is 4.13. The average molecular weight is 317 g/mol. The Bertz CT molecular complexity index is 422. The van der Waals surface area contributed by atoms with Crippen LogP contribution >= 0.6 is 23.2 Å². The normalized spacial score (nSPS) is 20.9. The number of halogens is 2. The van der Waals surface area contributed by atoms with Gasteiger partial charge in [-0.1, -0.05) is 29.3 Å². The second kappa shape index (κ2) is 8.20. The molecule has 2 atom stereocenters. The lowest BCUT2D eigenvalue weighted by molar-refractivity contribution is 0.0713. The van der Waals surface area contributed by atoms with Crippen LogP contribution < -0.4 is 10.6 Å². The van der Waals surface area contributed by atoms with E-state index in [1.165, 1.54) is 0 Å². The van der Waals surface area contributed by atoms with Crippen molar-refractivity contribution in [2.75, 3.05) is 26.3 Å². The number of nitrogens with one attached hydrogen (secondary N) is 2. The fourth-order valence-corrected chi connectivity index (χ4v) is 2.96. The van der Waals surface area contributed by atoms with Crippen LogP contribution in [0, 0.1) is 0 Å². The molecule has 3 nitrogen and oxygen atoms in total. The van der Waals surface area contributed by atoms with Gasteiger partial charge in [-0.25, -0.2) is 0 Å². The summed E-state index contributed by atoms with van der Waals surface area (Å²) in [5.74, 6) is 0. The van der Waals surface area contributed by atoms with Gasteiger partial charge in [0.1, 0.15) is 0 Å². The van der Waals surface area contributed by atoms with Crippen molar-refractivity contribution >= 4 is 23.2 Å². The summed E-state index contributed by atoms with van der Waals surface area (Å²) in [6.45, 7) is 5.72. The number of ether oxygens (including phenoxy) is 1. The zero-order valence-corrected chi connectivity index (χ0v) is 13.3. The first-order chi connectivity index (χ1) is 9.65. The first-order valence-electron chi connectivity index (χ1n) is 7.13. The van der Waals surface area contributed by atoms with Gasteiger partial charge in [-0.15, -0.1) is 0 Å². The van der Waals surface area contributed by atoms with Crippen molar-refractivity contribution < 1.29 is 4.74 Å². The van der Waals surface area contributed by atoms with Gasteiger partial charge in [-0.05, 0) is 44.0 Å². The molecule has 2 unspecified atom stereocenters. The smallest absolute Gasteiger partial charge is 0.0620 e. The molecule has 20 heavy (non-hydrogen) atoms. The van der Waals surface area contributed by atoms with Crippen molar-refractivity contribution in [2.45, 2.75) is 31.8 Å². The van der Waals surface area contributed by atoms with Gasteiger partial charge in [0.15, 0.2) is 0 Å². The van der Waals surface area contributed by atoms with Gasteiger partial charge in [0.05, 0.1) is 13.2 Å². The minimum absolute atomic E-state index is 0.459. The van der Waals surface area contributed by atoms with E-state index in [0.717, 1.165) is 49.7 Å². The third-order valence-electron chi connectivity index (χ3n) is 3.54. The number of hydrogen-bond donors (Lipinski definition) is 2. The predicted octanol–water partition coefficient (Wildman–Crippen LogP) is 2.89. The molecule has 2 N–H and O–H groups in total. The van der Waals surface area contributed by atoms with Crippen molar-refractivity contribution in [3.63, 3.8) is 0 Å². The van der Waals surface area contributed by atoms with Crippen molar-refractivity contribution in [1.82, 2.24) is 10.6 Å². The lowest BCUT2D eigenvalue weighted by atomic mass is 10.1. The van der Waals surface area contributed by atoms with Crippen LogP contribution in [0.2, 0.25) is 10.0 Å². The van der Waals surface area contributed by atoms with E-state index < -0.39 is 0 Å². The minimum Gasteiger partial charge on any atom is -0.379 e. The second-order valence-corrected chi connectivity index (χ2v) is 6.15. The van der Waals surface area contributed by atoms with Crippen LogP contribution in [0.5, 0.6) is 0 Å². The summed E-state index contributed by atoms with van der Waals surface area (Å²) in [6.07, 6.45) is 1.99. The zero-order valence-electron chi connectivity index (χ0n) is 11.8. The van der Waals surface area contributed by atoms with E-state index in [1.807, 2.05) is 12.1 Å². The summed E-state index contributed by atoms with van der Waals surface area (Å²) in [5.41, 5.74) is 1.13. The van der Waals surface area contributed by atoms with Crippen molar-refractivity contribution in [2.24, 2.45) is 0 Å². The Balaban J connectivity index is 1.69. The minimum atomic E-state index is 0.459. The van der Waals surface area contributed by atoms with Crippen LogP contribution in [-0.2, 0) is 11.2 Å². The molecule has 1 fully saturated rings. The SMILES string of the molecule is CC(CC1COCCN1)NCCc1ccc(Cl)cc1Cl. The van der Waals surface area contributed by atoms with Crippen LogP contribution in [0.15, 0.2) is 18.2 Å². The molecule has 1 saturated heterocycles. The molecule has 0 radical (unpaired) electrons. The lowest BCUT2D eigenvalue weighted by Crippen LogP contribution is -2.45. The summed E-state index contributed by atoms with van der Waals surface area (Å²) in [6, 6.07) is 6.60. The highest BCUT2D eigenvalue weighted by atomic mass is 35.5. The molecule has 0 aliphatic carbocycles. The molecule has 1 heterocycles. The molecule has 0 saturated carbocycles. The maximum absolute atomic E-state index is 6.16. The third kappa shape index (κ3) is 5.23. The Morgan fingerprint density at radius 2 is 2.30 bits per heavy atom. The van der Waals surface area contributed by atoms with E-state index >= 15 is 0 Å². The number of hydrogen-bond acceptors (Lipinski definition) is 3. The maximum atomic E-state index is 6.16. The molecule has 5 heteroatoms. The first kappa shape index (κ1) is 16.1. The van der Waals surface area contributed by atoms with E-state index in [-0.39, 0.29) is 0 Å². The van der Waals surface area contributed by atoms with Crippen LogP contribution in [-0.4, -0.2) is 38.4 Å². The summed E-state index contributed by atoms with van der Waals surface area (Å²) in [7, 11) is 0. The Hall–Kier alpha value is -0.320. The molecule has 1 aromatic carbocycles. The number of rotatable bonds is 6. The zero-order chi connectivity index (χ0) is 14.4. The summed E-state index contributed by atoms with van der Waals surface area (Å²) in [4.78, 5) is 0. The van der Waals surface area contributed by atoms with Crippen molar-refractivity contribution in [1.29, 1.82) is 0 Å². The number of benzene rings is 1. The lowest BCUT2D eigenvalue weighted by Gasteiger charge is -2.26. The topological polar surface area (TPSA) is 33.3 Å². The fraction of sp³-hybridized carbons (Fsp3) is 0.600. The average Bonchev–Trinajstić information content (AvgIpc) is 2.42. The molecule has 1 aromatic rings. The van der Waals surface area contributed by atoms with E-state index in [9.17, 15) is 0 Å². The molecule has 1 aliphatic heterocycles. The van der Waals surface area contributed by atoms with Gasteiger partial charge in [0, 0.05) is 28.7 Å². The highest BCUT2D eigenvalue weighted by molar-refractivity contribution is 6.35. The van der Waals surface area contributed by atoms with Crippen molar-refractivity contribution in [3.8, 4) is 0 Å². The van der Waals surface area contributed by atoms with E-state index in [4.69, 9.17) is 27.9 Å². The summed E-state index contributed by atoms with van der Waals surface area (Å²) >= 11 is 12.1. The molecule has 2 rings (SSSR count). The van der Waals surface area contributed by atoms with Gasteiger partial charge < -0.3 is 15.4 Å². The largest absolute Gasteiger partial charge is 0.379 e. The highest BCUT2D eigenvalue weighted by Crippen LogP contribution is 2.21. The van der Waals surface area contributed by atoms with Crippen LogP contribution in [0.3, 0.4) is 0 Å². The molecular formula is C15H22Cl2N2O. The Morgan fingerprint density at radius 3 is 3.00 bits per heavy atom. The highest BCUT2D eigenvalue weighted by Gasteiger charge is 2.15. The Morgan fingerprint density at radius 1 is 1.45 bits per heavy atom. The molecular weight excluding hydrogens is 295 g/mol. The summed E-state index contributed by atoms with van der Waals surface area (Å²) in [5, 5.41) is 8.43. The molecule has 1 aliphatic rings. The molecule has 0 amide bonds. The summed E-state index contributed by atoms with van der Waals surface area (Å²) < 4.78 is 5.46. The van der Waals surface area contributed by atoms with Crippen LogP contribution in [0.1, 0.15) is 18.9 Å². The number of morpholine rings is 1. The predicted molar refractivity (Wildman–Crippen MR) is 84.9 cm³/mol. The van der Waals surface area contributed by atoms with Crippen molar-refractivity contribution in [3.05, 3.63) is 33.8 Å². The monoisotopic (exact) mass is 316 g/mol. The molecule has 0 bridgehead atoms. The van der Waals surface area contributed by atoms with Gasteiger partial charge in [-0.3, -0.25) is 0 Å². The maximum Gasteiger partial charge on any atom is 0.0620 e. The van der Waals surface area contributed by atoms with Gasteiger partial charge in [0.2, 0.25) is 0 Å². The van der Waals surface area contributed by atoms with Crippen LogP contribution in [0.4, 0.5) is 0 Å². The van der Waals surface area contributed by atoms with Gasteiger partial charge in [0.25, 0.3) is 0 Å². The first-order valence-corrected chi connectivity index (χ1v) is 7.89. The standard InChI is InChI=1S/C15H22Cl2N2O/c1-11(8-14-10-20-7-6-19-14)18-5-4-12-2-3-13(16)9-15(12)17/h2-3,9,11,14,18-19H,4-8,10H2,1H3. The molecule has 0 spiro atoms. The Kier molecular flexibility index (Phi) is 6.59. The molecule has 0 aromatic heterocycles. The van der Waals surface area contributed by atoms with Gasteiger partial charge in [-0.2, -0.15) is 0 Å². The van der Waals surface area contributed by atoms with E-state index in [2.05, 4.69) is 17.6 Å². The Labute approximate surface area is 131 Å². The quantitative estimate of drug-likeness (QED) is 0.846. The van der Waals surface area contributed by atoms with E-state index in [0.29, 0.717) is 17.1 Å².